The minimum absolute atomic E-state index is 0.0640. The lowest BCUT2D eigenvalue weighted by atomic mass is 10.2. The van der Waals surface area contributed by atoms with E-state index in [1.165, 1.54) is 14.0 Å². The molecule has 0 aliphatic rings. The predicted octanol–water partition coefficient (Wildman–Crippen LogP) is 2.38. The summed E-state index contributed by atoms with van der Waals surface area (Å²) in [4.78, 5) is 36.9. The Morgan fingerprint density at radius 2 is 1.83 bits per heavy atom. The van der Waals surface area contributed by atoms with E-state index in [-0.39, 0.29) is 25.3 Å². The molecule has 0 radical (unpaired) electrons. The maximum absolute atomic E-state index is 12.2. The van der Waals surface area contributed by atoms with Gasteiger partial charge in [-0.2, -0.15) is 0 Å². The second kappa shape index (κ2) is 8.88. The fourth-order valence-electron chi connectivity index (χ4n) is 1.69. The van der Waals surface area contributed by atoms with Crippen molar-refractivity contribution < 1.29 is 19.5 Å². The standard InChI is InChI=1S/C15H19ClN4O4/c1-10(17)19(2)15(24)20(8-7-13(21)22)14(23)18-9-11-3-5-12(16)6-4-11/h3-6,17H,7-9H2,1-2H3,(H,18,23)(H,21,22). The maximum atomic E-state index is 12.2. The van der Waals surface area contributed by atoms with Crippen LogP contribution in [0.25, 0.3) is 0 Å². The molecule has 9 heteroatoms. The van der Waals surface area contributed by atoms with Crippen LogP contribution in [0, 0.1) is 5.41 Å². The normalized spacial score (nSPS) is 9.96. The summed E-state index contributed by atoms with van der Waals surface area (Å²) in [5.41, 5.74) is 0.773. The third kappa shape index (κ3) is 5.88. The number of hydrogen-bond acceptors (Lipinski definition) is 4. The second-order valence-corrected chi connectivity index (χ2v) is 5.44. The summed E-state index contributed by atoms with van der Waals surface area (Å²) in [6.07, 6.45) is -0.384. The van der Waals surface area contributed by atoms with Crippen LogP contribution in [-0.4, -0.2) is 52.4 Å². The molecule has 0 atom stereocenters. The van der Waals surface area contributed by atoms with E-state index >= 15 is 0 Å². The van der Waals surface area contributed by atoms with Crippen LogP contribution in [0.3, 0.4) is 0 Å². The van der Waals surface area contributed by atoms with Crippen molar-refractivity contribution in [3.8, 4) is 0 Å². The molecule has 0 aliphatic heterocycles. The minimum atomic E-state index is -1.13. The van der Waals surface area contributed by atoms with Gasteiger partial charge >= 0.3 is 18.0 Å². The van der Waals surface area contributed by atoms with Gasteiger partial charge in [-0.25, -0.2) is 14.5 Å². The first-order chi connectivity index (χ1) is 11.2. The molecule has 0 spiro atoms. The molecule has 0 aromatic heterocycles. The number of carboxylic acids is 1. The van der Waals surface area contributed by atoms with Crippen LogP contribution >= 0.6 is 11.6 Å². The van der Waals surface area contributed by atoms with E-state index in [1.807, 2.05) is 0 Å². The van der Waals surface area contributed by atoms with Gasteiger partial charge < -0.3 is 10.4 Å². The Morgan fingerprint density at radius 3 is 2.33 bits per heavy atom. The fraction of sp³-hybridized carbons (Fsp3) is 0.333. The highest BCUT2D eigenvalue weighted by Crippen LogP contribution is 2.09. The Labute approximate surface area is 144 Å². The van der Waals surface area contributed by atoms with Gasteiger partial charge in [0.25, 0.3) is 0 Å². The molecule has 0 aliphatic carbocycles. The molecule has 0 heterocycles. The quantitative estimate of drug-likeness (QED) is 0.556. The zero-order valence-corrected chi connectivity index (χ0v) is 14.1. The minimum Gasteiger partial charge on any atom is -0.481 e. The molecule has 4 amide bonds. The van der Waals surface area contributed by atoms with Crippen molar-refractivity contribution in [2.45, 2.75) is 19.9 Å². The first-order valence-electron chi connectivity index (χ1n) is 7.06. The number of aliphatic carboxylic acids is 1. The van der Waals surface area contributed by atoms with Crippen molar-refractivity contribution in [2.24, 2.45) is 0 Å². The summed E-state index contributed by atoms with van der Waals surface area (Å²) < 4.78 is 0. The highest BCUT2D eigenvalue weighted by molar-refractivity contribution is 6.30. The Morgan fingerprint density at radius 1 is 1.25 bits per heavy atom. The molecule has 1 aromatic carbocycles. The Kier molecular flexibility index (Phi) is 7.19. The van der Waals surface area contributed by atoms with Crippen molar-refractivity contribution >= 4 is 35.5 Å². The Hall–Kier alpha value is -2.61. The predicted molar refractivity (Wildman–Crippen MR) is 89.2 cm³/mol. The molecule has 1 rings (SSSR count). The number of halogens is 1. The maximum Gasteiger partial charge on any atom is 0.333 e. The lowest BCUT2D eigenvalue weighted by molar-refractivity contribution is -0.137. The van der Waals surface area contributed by atoms with E-state index in [1.54, 1.807) is 24.3 Å². The molecule has 0 bridgehead atoms. The summed E-state index contributed by atoms with van der Waals surface area (Å²) in [6, 6.07) is 5.28. The molecule has 8 nitrogen and oxygen atoms in total. The van der Waals surface area contributed by atoms with Crippen LogP contribution < -0.4 is 5.32 Å². The van der Waals surface area contributed by atoms with Gasteiger partial charge in [-0.15, -0.1) is 0 Å². The van der Waals surface area contributed by atoms with Crippen LogP contribution in [0.1, 0.15) is 18.9 Å². The number of nitrogens with zero attached hydrogens (tertiary/aromatic N) is 2. The van der Waals surface area contributed by atoms with Gasteiger partial charge in [0.2, 0.25) is 0 Å². The summed E-state index contributed by atoms with van der Waals surface area (Å²) in [5.74, 6) is -1.20. The number of amidine groups is 1. The molecule has 130 valence electrons. The van der Waals surface area contributed by atoms with Gasteiger partial charge in [-0.1, -0.05) is 23.7 Å². The summed E-state index contributed by atoms with van der Waals surface area (Å²) in [7, 11) is 1.34. The van der Waals surface area contributed by atoms with E-state index < -0.39 is 18.0 Å². The Balaban J connectivity index is 2.78. The number of hydrogen-bond donors (Lipinski definition) is 3. The molecule has 0 saturated heterocycles. The summed E-state index contributed by atoms with van der Waals surface area (Å²) in [6.45, 7) is 1.25. The van der Waals surface area contributed by atoms with Crippen molar-refractivity contribution in [3.63, 3.8) is 0 Å². The zero-order valence-electron chi connectivity index (χ0n) is 13.4. The van der Waals surface area contributed by atoms with Crippen molar-refractivity contribution in [1.82, 2.24) is 15.1 Å². The third-order valence-electron chi connectivity index (χ3n) is 3.17. The van der Waals surface area contributed by atoms with E-state index in [9.17, 15) is 14.4 Å². The number of benzene rings is 1. The number of amides is 4. The van der Waals surface area contributed by atoms with Crippen molar-refractivity contribution in [1.29, 1.82) is 5.41 Å². The molecule has 1 aromatic rings. The van der Waals surface area contributed by atoms with Crippen LogP contribution in [0.5, 0.6) is 0 Å². The number of rotatable bonds is 5. The van der Waals surface area contributed by atoms with Gasteiger partial charge in [-0.3, -0.25) is 15.1 Å². The lowest BCUT2D eigenvalue weighted by Gasteiger charge is -2.25. The first kappa shape index (κ1) is 19.4. The lowest BCUT2D eigenvalue weighted by Crippen LogP contribution is -2.50. The number of carboxylic acid groups (broad SMARTS) is 1. The van der Waals surface area contributed by atoms with E-state index in [2.05, 4.69) is 5.32 Å². The number of carbonyl (C=O) groups excluding carboxylic acids is 2. The fourth-order valence-corrected chi connectivity index (χ4v) is 1.82. The molecule has 24 heavy (non-hydrogen) atoms. The molecule has 0 unspecified atom stereocenters. The first-order valence-corrected chi connectivity index (χ1v) is 7.44. The number of imide groups is 1. The molecule has 0 fully saturated rings. The molecular weight excluding hydrogens is 336 g/mol. The van der Waals surface area contributed by atoms with Gasteiger partial charge in [0.1, 0.15) is 5.84 Å². The van der Waals surface area contributed by atoms with E-state index in [4.69, 9.17) is 22.1 Å². The molecule has 3 N–H and O–H groups in total. The molecular formula is C15H19ClN4O4. The SMILES string of the molecule is CC(=N)N(C)C(=O)N(CCC(=O)O)C(=O)NCc1ccc(Cl)cc1. The smallest absolute Gasteiger partial charge is 0.333 e. The average molecular weight is 355 g/mol. The van der Waals surface area contributed by atoms with Crippen LogP contribution in [0.4, 0.5) is 9.59 Å². The van der Waals surface area contributed by atoms with Crippen LogP contribution in [0.15, 0.2) is 24.3 Å². The van der Waals surface area contributed by atoms with Crippen molar-refractivity contribution in [2.75, 3.05) is 13.6 Å². The Bertz CT molecular complexity index is 633. The number of carbonyl (C=O) groups is 3. The summed E-state index contributed by atoms with van der Waals surface area (Å²) in [5, 5.41) is 19.3. The van der Waals surface area contributed by atoms with Crippen LogP contribution in [0.2, 0.25) is 5.02 Å². The zero-order chi connectivity index (χ0) is 18.3. The van der Waals surface area contributed by atoms with Crippen molar-refractivity contribution in [3.05, 3.63) is 34.9 Å². The highest BCUT2D eigenvalue weighted by atomic mass is 35.5. The van der Waals surface area contributed by atoms with Gasteiger partial charge in [0.15, 0.2) is 0 Å². The van der Waals surface area contributed by atoms with Gasteiger partial charge in [0, 0.05) is 25.2 Å². The van der Waals surface area contributed by atoms with Crippen LogP contribution in [-0.2, 0) is 11.3 Å². The van der Waals surface area contributed by atoms with Gasteiger partial charge in [-0.05, 0) is 24.6 Å². The topological polar surface area (TPSA) is 114 Å². The molecule has 0 saturated carbocycles. The summed E-state index contributed by atoms with van der Waals surface area (Å²) >= 11 is 5.78. The monoisotopic (exact) mass is 354 g/mol. The highest BCUT2D eigenvalue weighted by Gasteiger charge is 2.25. The second-order valence-electron chi connectivity index (χ2n) is 5.01. The average Bonchev–Trinajstić information content (AvgIpc) is 2.53. The van der Waals surface area contributed by atoms with Gasteiger partial charge in [0.05, 0.1) is 6.42 Å². The van der Waals surface area contributed by atoms with E-state index in [0.717, 1.165) is 15.4 Å². The number of urea groups is 2. The third-order valence-corrected chi connectivity index (χ3v) is 3.42. The largest absolute Gasteiger partial charge is 0.481 e. The van der Waals surface area contributed by atoms with E-state index in [0.29, 0.717) is 5.02 Å². The number of nitrogens with one attached hydrogen (secondary N) is 2.